The van der Waals surface area contributed by atoms with Crippen molar-refractivity contribution >= 4 is 14.0 Å². The molecule has 3 unspecified atom stereocenters. The van der Waals surface area contributed by atoms with Crippen molar-refractivity contribution in [2.75, 3.05) is 0 Å². The zero-order valence-corrected chi connectivity index (χ0v) is 10.8. The smallest absolute Gasteiger partial charge is 0.227 e. The summed E-state index contributed by atoms with van der Waals surface area (Å²) in [6, 6.07) is -0.0428. The van der Waals surface area contributed by atoms with Gasteiger partial charge in [0.05, 0.1) is 12.0 Å². The molecule has 1 aliphatic rings. The fourth-order valence-corrected chi connectivity index (χ4v) is 2.05. The number of hydrogen-bond acceptors (Lipinski definition) is 2. The van der Waals surface area contributed by atoms with Crippen molar-refractivity contribution in [1.82, 2.24) is 5.32 Å². The van der Waals surface area contributed by atoms with Gasteiger partial charge in [0.25, 0.3) is 0 Å². The number of rotatable bonds is 2. The van der Waals surface area contributed by atoms with Gasteiger partial charge in [0.15, 0.2) is 0 Å². The lowest BCUT2D eigenvalue weighted by Crippen LogP contribution is -2.58. The van der Waals surface area contributed by atoms with E-state index in [2.05, 4.69) is 36.4 Å². The fraction of sp³-hybridized carbons (Fsp3) is 0.727. The molecule has 1 rings (SSSR count). The Hall–Kier alpha value is -0.793. The zero-order valence-electron chi connectivity index (χ0n) is 9.79. The highest BCUT2D eigenvalue weighted by atomic mass is 28.3. The fourth-order valence-electron chi connectivity index (χ4n) is 1.46. The molecule has 3 atom stereocenters. The number of hydrogen-bond donors (Lipinski definition) is 2. The van der Waals surface area contributed by atoms with Gasteiger partial charge in [-0.1, -0.05) is 25.6 Å². The molecule has 0 saturated carbocycles. The summed E-state index contributed by atoms with van der Waals surface area (Å²) in [4.78, 5) is 11.2. The highest BCUT2D eigenvalue weighted by molar-refractivity contribution is 6.83. The third kappa shape index (κ3) is 3.69. The first kappa shape index (κ1) is 12.3. The average Bonchev–Trinajstić information content (AvgIpc) is 2.06. The van der Waals surface area contributed by atoms with Gasteiger partial charge in [0, 0.05) is 0 Å². The molecule has 84 valence electrons. The topological polar surface area (TPSA) is 49.3 Å². The Balaban J connectivity index is 2.57. The van der Waals surface area contributed by atoms with Gasteiger partial charge < -0.3 is 10.4 Å². The molecule has 0 aliphatic carbocycles. The van der Waals surface area contributed by atoms with E-state index in [1.54, 1.807) is 6.92 Å². The van der Waals surface area contributed by atoms with Crippen LogP contribution in [0.15, 0.2) is 0 Å². The van der Waals surface area contributed by atoms with Crippen molar-refractivity contribution in [1.29, 1.82) is 0 Å². The van der Waals surface area contributed by atoms with Crippen molar-refractivity contribution < 1.29 is 9.90 Å². The van der Waals surface area contributed by atoms with E-state index in [4.69, 9.17) is 0 Å². The summed E-state index contributed by atoms with van der Waals surface area (Å²) in [6.07, 6.45) is 0.0777. The molecule has 15 heavy (non-hydrogen) atoms. The van der Waals surface area contributed by atoms with Gasteiger partial charge in [0.1, 0.15) is 14.1 Å². The second-order valence-electron chi connectivity index (χ2n) is 5.20. The number of carbonyl (C=O) groups is 1. The second-order valence-corrected chi connectivity index (χ2v) is 9.95. The Morgan fingerprint density at radius 3 is 2.53 bits per heavy atom. The number of β-lactam (4-membered cyclic amide) rings is 1. The van der Waals surface area contributed by atoms with Crippen molar-refractivity contribution in [2.45, 2.75) is 45.1 Å². The molecule has 3 nitrogen and oxygen atoms in total. The quantitative estimate of drug-likeness (QED) is 0.414. The van der Waals surface area contributed by atoms with E-state index in [9.17, 15) is 9.90 Å². The largest absolute Gasteiger partial charge is 0.393 e. The van der Waals surface area contributed by atoms with E-state index < -0.39 is 14.2 Å². The molecule has 1 aliphatic heterocycles. The van der Waals surface area contributed by atoms with E-state index in [0.717, 1.165) is 0 Å². The molecule has 1 fully saturated rings. The van der Waals surface area contributed by atoms with Crippen LogP contribution < -0.4 is 5.32 Å². The minimum Gasteiger partial charge on any atom is -0.393 e. The lowest BCUT2D eigenvalue weighted by molar-refractivity contribution is -0.134. The monoisotopic (exact) mass is 225 g/mol. The van der Waals surface area contributed by atoms with E-state index in [-0.39, 0.29) is 17.9 Å². The minimum atomic E-state index is -1.37. The standard InChI is InChI=1S/C11H19NO2Si/c1-8(13)7-9-10(12-11(9)14)5-6-15(2,3)4/h8-10,13H,7H2,1-4H3,(H,12,14). The Morgan fingerprint density at radius 1 is 1.53 bits per heavy atom. The first-order valence-electron chi connectivity index (χ1n) is 5.31. The van der Waals surface area contributed by atoms with Crippen molar-refractivity contribution in [3.8, 4) is 11.5 Å². The van der Waals surface area contributed by atoms with Crippen LogP contribution in [0.3, 0.4) is 0 Å². The molecule has 0 radical (unpaired) electrons. The number of aliphatic hydroxyl groups is 1. The molecule has 0 aromatic rings. The molecule has 1 saturated heterocycles. The van der Waals surface area contributed by atoms with E-state index in [0.29, 0.717) is 6.42 Å². The van der Waals surface area contributed by atoms with Crippen LogP contribution in [-0.4, -0.2) is 31.2 Å². The molecule has 0 aromatic carbocycles. The lowest BCUT2D eigenvalue weighted by atomic mass is 9.86. The molecular formula is C11H19NO2Si. The number of carbonyl (C=O) groups excluding carboxylic acids is 1. The summed E-state index contributed by atoms with van der Waals surface area (Å²) in [7, 11) is -1.37. The first-order chi connectivity index (χ1) is 6.79. The van der Waals surface area contributed by atoms with Crippen molar-refractivity contribution in [3.05, 3.63) is 0 Å². The molecule has 0 spiro atoms. The van der Waals surface area contributed by atoms with Gasteiger partial charge >= 0.3 is 0 Å². The molecular weight excluding hydrogens is 206 g/mol. The number of nitrogens with one attached hydrogen (secondary N) is 1. The Kier molecular flexibility index (Phi) is 3.58. The Labute approximate surface area is 92.3 Å². The molecule has 1 amide bonds. The molecule has 4 heteroatoms. The molecule has 1 heterocycles. The first-order valence-corrected chi connectivity index (χ1v) is 8.81. The maximum absolute atomic E-state index is 11.2. The summed E-state index contributed by atoms with van der Waals surface area (Å²) in [5.41, 5.74) is 3.24. The van der Waals surface area contributed by atoms with Crippen LogP contribution >= 0.6 is 0 Å². The number of amides is 1. The van der Waals surface area contributed by atoms with Crippen LogP contribution in [0.25, 0.3) is 0 Å². The van der Waals surface area contributed by atoms with E-state index in [1.807, 2.05) is 0 Å². The van der Waals surface area contributed by atoms with Gasteiger partial charge in [-0.15, -0.1) is 5.54 Å². The Bertz CT molecular complexity index is 309. The average molecular weight is 225 g/mol. The maximum Gasteiger partial charge on any atom is 0.227 e. The highest BCUT2D eigenvalue weighted by Gasteiger charge is 2.38. The van der Waals surface area contributed by atoms with Crippen LogP contribution in [0.2, 0.25) is 19.6 Å². The molecule has 2 N–H and O–H groups in total. The molecule has 0 aromatic heterocycles. The summed E-state index contributed by atoms with van der Waals surface area (Å²) in [5.74, 6) is 3.02. The highest BCUT2D eigenvalue weighted by Crippen LogP contribution is 2.20. The zero-order chi connectivity index (χ0) is 11.6. The summed E-state index contributed by atoms with van der Waals surface area (Å²) in [6.45, 7) is 8.22. The third-order valence-corrected chi connectivity index (χ3v) is 3.13. The van der Waals surface area contributed by atoms with Gasteiger partial charge in [-0.3, -0.25) is 4.79 Å². The van der Waals surface area contributed by atoms with Crippen LogP contribution in [0.1, 0.15) is 13.3 Å². The van der Waals surface area contributed by atoms with E-state index in [1.165, 1.54) is 0 Å². The van der Waals surface area contributed by atoms with E-state index >= 15 is 0 Å². The summed E-state index contributed by atoms with van der Waals surface area (Å²) in [5, 5.41) is 12.0. The van der Waals surface area contributed by atoms with Gasteiger partial charge in [-0.2, -0.15) is 0 Å². The van der Waals surface area contributed by atoms with Crippen LogP contribution in [0.5, 0.6) is 0 Å². The van der Waals surface area contributed by atoms with Crippen molar-refractivity contribution in [3.63, 3.8) is 0 Å². The minimum absolute atomic E-state index is 0.0192. The predicted molar refractivity (Wildman–Crippen MR) is 62.8 cm³/mol. The predicted octanol–water partition coefficient (Wildman–Crippen LogP) is 0.753. The lowest BCUT2D eigenvalue weighted by Gasteiger charge is -2.34. The number of aliphatic hydroxyl groups excluding tert-OH is 1. The second kappa shape index (κ2) is 4.38. The summed E-state index contributed by atoms with van der Waals surface area (Å²) < 4.78 is 0. The van der Waals surface area contributed by atoms with Gasteiger partial charge in [-0.25, -0.2) is 0 Å². The van der Waals surface area contributed by atoms with Gasteiger partial charge in [0.2, 0.25) is 5.91 Å². The molecule has 0 bridgehead atoms. The SMILES string of the molecule is CC(O)CC1C(=O)NC1C#C[Si](C)(C)C. The maximum atomic E-state index is 11.2. The normalized spacial score (nSPS) is 27.1. The van der Waals surface area contributed by atoms with Gasteiger partial charge in [-0.05, 0) is 13.3 Å². The van der Waals surface area contributed by atoms with Crippen LogP contribution in [0, 0.1) is 17.4 Å². The van der Waals surface area contributed by atoms with Crippen molar-refractivity contribution in [2.24, 2.45) is 5.92 Å². The van der Waals surface area contributed by atoms with Crippen LogP contribution in [0.4, 0.5) is 0 Å². The Morgan fingerprint density at radius 2 is 2.13 bits per heavy atom. The van der Waals surface area contributed by atoms with Crippen LogP contribution in [-0.2, 0) is 4.79 Å². The third-order valence-electron chi connectivity index (χ3n) is 2.23. The summed E-state index contributed by atoms with van der Waals surface area (Å²) >= 11 is 0.